The van der Waals surface area contributed by atoms with Crippen molar-refractivity contribution in [3.63, 3.8) is 0 Å². The van der Waals surface area contributed by atoms with E-state index in [0.29, 0.717) is 18.8 Å². The highest BCUT2D eigenvalue weighted by atomic mass is 16.2. The van der Waals surface area contributed by atoms with Crippen molar-refractivity contribution in [3.8, 4) is 0 Å². The van der Waals surface area contributed by atoms with Crippen molar-refractivity contribution in [2.45, 2.75) is 18.9 Å². The molecule has 0 bridgehead atoms. The molecule has 23 heavy (non-hydrogen) atoms. The fourth-order valence-electron chi connectivity index (χ4n) is 2.69. The molecule has 1 aliphatic heterocycles. The number of carbonyl (C=O) groups is 2. The maximum atomic E-state index is 12.2. The Balaban J connectivity index is 1.46. The van der Waals surface area contributed by atoms with E-state index in [4.69, 9.17) is 0 Å². The van der Waals surface area contributed by atoms with Crippen LogP contribution in [0.3, 0.4) is 0 Å². The third kappa shape index (κ3) is 3.91. The number of aromatic nitrogens is 1. The maximum Gasteiger partial charge on any atom is 0.321 e. The summed E-state index contributed by atoms with van der Waals surface area (Å²) in [7, 11) is 0. The number of benzene rings is 1. The van der Waals surface area contributed by atoms with E-state index < -0.39 is 0 Å². The minimum absolute atomic E-state index is 0.0923. The summed E-state index contributed by atoms with van der Waals surface area (Å²) in [5, 5.41) is 5.89. The Hall–Kier alpha value is -2.76. The lowest BCUT2D eigenvalue weighted by molar-refractivity contribution is 0.0915. The van der Waals surface area contributed by atoms with Gasteiger partial charge in [0.15, 0.2) is 0 Å². The van der Waals surface area contributed by atoms with E-state index in [1.807, 2.05) is 30.3 Å². The van der Waals surface area contributed by atoms with E-state index in [-0.39, 0.29) is 18.0 Å². The number of amides is 3. The quantitative estimate of drug-likeness (QED) is 0.814. The molecule has 6 heteroatoms. The van der Waals surface area contributed by atoms with Crippen molar-refractivity contribution in [1.29, 1.82) is 0 Å². The first-order chi connectivity index (χ1) is 11.2. The molecule has 3 N–H and O–H groups in total. The minimum Gasteiger partial charge on any atom is -0.357 e. The minimum atomic E-state index is -0.0952. The van der Waals surface area contributed by atoms with Crippen LogP contribution in [0.4, 0.5) is 10.5 Å². The Bertz CT molecular complexity index is 646. The number of H-pyrrole nitrogens is 1. The zero-order chi connectivity index (χ0) is 16.1. The molecule has 1 aromatic carbocycles. The number of nitrogens with one attached hydrogen (secondary N) is 3. The highest BCUT2D eigenvalue weighted by Crippen LogP contribution is 2.13. The lowest BCUT2D eigenvalue weighted by atomic mass is 10.1. The molecule has 1 aliphatic rings. The second-order valence-electron chi connectivity index (χ2n) is 5.61. The van der Waals surface area contributed by atoms with Gasteiger partial charge in [0.1, 0.15) is 5.69 Å². The number of aromatic amines is 1. The summed E-state index contributed by atoms with van der Waals surface area (Å²) in [6.07, 6.45) is 3.24. The summed E-state index contributed by atoms with van der Waals surface area (Å²) in [6.45, 7) is 1.27. The average molecular weight is 312 g/mol. The Labute approximate surface area is 134 Å². The lowest BCUT2D eigenvalue weighted by Gasteiger charge is -2.32. The number of carbonyl (C=O) groups excluding carboxylic acids is 2. The highest BCUT2D eigenvalue weighted by molar-refractivity contribution is 5.92. The van der Waals surface area contributed by atoms with Crippen LogP contribution in [0.25, 0.3) is 0 Å². The van der Waals surface area contributed by atoms with Crippen LogP contribution in [0.2, 0.25) is 0 Å². The molecule has 1 aromatic heterocycles. The molecule has 3 amide bonds. The van der Waals surface area contributed by atoms with Crippen LogP contribution in [0, 0.1) is 0 Å². The molecule has 6 nitrogen and oxygen atoms in total. The predicted molar refractivity (Wildman–Crippen MR) is 88.3 cm³/mol. The fourth-order valence-corrected chi connectivity index (χ4v) is 2.69. The van der Waals surface area contributed by atoms with Crippen molar-refractivity contribution in [2.24, 2.45) is 0 Å². The SMILES string of the molecule is O=C(NC1CCN(C(=O)Nc2ccccc2)CC1)c1ccc[nH]1. The number of piperidine rings is 1. The summed E-state index contributed by atoms with van der Waals surface area (Å²) in [5.41, 5.74) is 1.36. The topological polar surface area (TPSA) is 77.2 Å². The average Bonchev–Trinajstić information content (AvgIpc) is 3.11. The number of urea groups is 1. The molecular formula is C17H20N4O2. The van der Waals surface area contributed by atoms with Gasteiger partial charge in [-0.1, -0.05) is 18.2 Å². The number of nitrogens with zero attached hydrogens (tertiary/aromatic N) is 1. The number of likely N-dealkylation sites (tertiary alicyclic amines) is 1. The molecule has 0 unspecified atom stereocenters. The second-order valence-corrected chi connectivity index (χ2v) is 5.61. The summed E-state index contributed by atoms with van der Waals surface area (Å²) in [5.74, 6) is -0.0952. The first-order valence-corrected chi connectivity index (χ1v) is 7.77. The van der Waals surface area contributed by atoms with Crippen LogP contribution >= 0.6 is 0 Å². The highest BCUT2D eigenvalue weighted by Gasteiger charge is 2.24. The standard InChI is InChI=1S/C17H20N4O2/c22-16(15-7-4-10-18-15)19-14-8-11-21(12-9-14)17(23)20-13-5-2-1-3-6-13/h1-7,10,14,18H,8-9,11-12H2,(H,19,22)(H,20,23). The van der Waals surface area contributed by atoms with E-state index in [9.17, 15) is 9.59 Å². The van der Waals surface area contributed by atoms with Gasteiger partial charge in [-0.15, -0.1) is 0 Å². The van der Waals surface area contributed by atoms with Gasteiger partial charge in [0.2, 0.25) is 0 Å². The third-order valence-electron chi connectivity index (χ3n) is 3.99. The van der Waals surface area contributed by atoms with Gasteiger partial charge >= 0.3 is 6.03 Å². The lowest BCUT2D eigenvalue weighted by Crippen LogP contribution is -2.47. The molecule has 0 saturated carbocycles. The van der Waals surface area contributed by atoms with Crippen LogP contribution < -0.4 is 10.6 Å². The van der Waals surface area contributed by atoms with Gasteiger partial charge in [0, 0.05) is 31.0 Å². The largest absolute Gasteiger partial charge is 0.357 e. The molecule has 2 aromatic rings. The van der Waals surface area contributed by atoms with Crippen LogP contribution in [0.1, 0.15) is 23.3 Å². The van der Waals surface area contributed by atoms with Crippen molar-refractivity contribution in [3.05, 3.63) is 54.4 Å². The Morgan fingerprint density at radius 2 is 1.78 bits per heavy atom. The number of anilines is 1. The monoisotopic (exact) mass is 312 g/mol. The second kappa shape index (κ2) is 7.00. The van der Waals surface area contributed by atoms with Crippen molar-refractivity contribution >= 4 is 17.6 Å². The molecule has 1 saturated heterocycles. The number of rotatable bonds is 3. The van der Waals surface area contributed by atoms with Gasteiger partial charge in [0.25, 0.3) is 5.91 Å². The van der Waals surface area contributed by atoms with E-state index >= 15 is 0 Å². The summed E-state index contributed by atoms with van der Waals surface area (Å²) < 4.78 is 0. The van der Waals surface area contributed by atoms with E-state index in [1.54, 1.807) is 23.2 Å². The van der Waals surface area contributed by atoms with Gasteiger partial charge in [-0.25, -0.2) is 4.79 Å². The molecule has 120 valence electrons. The van der Waals surface area contributed by atoms with Crippen molar-refractivity contribution in [1.82, 2.24) is 15.2 Å². The Morgan fingerprint density at radius 3 is 2.43 bits per heavy atom. The Morgan fingerprint density at radius 1 is 1.04 bits per heavy atom. The van der Waals surface area contributed by atoms with Crippen molar-refractivity contribution < 1.29 is 9.59 Å². The zero-order valence-electron chi connectivity index (χ0n) is 12.8. The molecule has 1 fully saturated rings. The van der Waals surface area contributed by atoms with Gasteiger partial charge in [-0.2, -0.15) is 0 Å². The van der Waals surface area contributed by atoms with Gasteiger partial charge < -0.3 is 20.5 Å². The van der Waals surface area contributed by atoms with Crippen LogP contribution in [-0.4, -0.2) is 41.0 Å². The first-order valence-electron chi connectivity index (χ1n) is 7.77. The van der Waals surface area contributed by atoms with E-state index in [1.165, 1.54) is 0 Å². The third-order valence-corrected chi connectivity index (χ3v) is 3.99. The number of hydrogen-bond acceptors (Lipinski definition) is 2. The summed E-state index contributed by atoms with van der Waals surface area (Å²) in [4.78, 5) is 28.9. The van der Waals surface area contributed by atoms with Gasteiger partial charge in [-0.05, 0) is 37.1 Å². The number of hydrogen-bond donors (Lipinski definition) is 3. The van der Waals surface area contributed by atoms with E-state index in [2.05, 4.69) is 15.6 Å². The van der Waals surface area contributed by atoms with Crippen LogP contribution in [-0.2, 0) is 0 Å². The number of para-hydroxylation sites is 1. The van der Waals surface area contributed by atoms with Crippen LogP contribution in [0.15, 0.2) is 48.7 Å². The van der Waals surface area contributed by atoms with E-state index in [0.717, 1.165) is 18.5 Å². The molecule has 0 radical (unpaired) electrons. The maximum absolute atomic E-state index is 12.2. The molecule has 3 rings (SSSR count). The first kappa shape index (κ1) is 15.1. The smallest absolute Gasteiger partial charge is 0.321 e. The predicted octanol–water partition coefficient (Wildman–Crippen LogP) is 2.44. The normalized spacial score (nSPS) is 15.2. The zero-order valence-corrected chi connectivity index (χ0v) is 12.8. The molecule has 2 heterocycles. The summed E-state index contributed by atoms with van der Waals surface area (Å²) >= 11 is 0. The molecule has 0 aliphatic carbocycles. The molecule has 0 atom stereocenters. The molecular weight excluding hydrogens is 292 g/mol. The van der Waals surface area contributed by atoms with Crippen molar-refractivity contribution in [2.75, 3.05) is 18.4 Å². The van der Waals surface area contributed by atoms with Gasteiger partial charge in [-0.3, -0.25) is 4.79 Å². The Kier molecular flexibility index (Phi) is 4.61. The molecule has 0 spiro atoms. The van der Waals surface area contributed by atoms with Crippen LogP contribution in [0.5, 0.6) is 0 Å². The summed E-state index contributed by atoms with van der Waals surface area (Å²) in [6, 6.07) is 13.0. The van der Waals surface area contributed by atoms with Gasteiger partial charge in [0.05, 0.1) is 0 Å². The fraction of sp³-hybridized carbons (Fsp3) is 0.294.